The van der Waals surface area contributed by atoms with Crippen LogP contribution in [0.25, 0.3) is 5.78 Å². The molecule has 2 aliphatic heterocycles. The topological polar surface area (TPSA) is 105 Å². The van der Waals surface area contributed by atoms with Crippen LogP contribution >= 0.6 is 0 Å². The van der Waals surface area contributed by atoms with Crippen molar-refractivity contribution in [3.63, 3.8) is 0 Å². The number of aromatic nitrogens is 4. The fourth-order valence-electron chi connectivity index (χ4n) is 6.15. The molecule has 9 heteroatoms. The number of hydrogen-bond acceptors (Lipinski definition) is 8. The number of esters is 1. The van der Waals surface area contributed by atoms with Gasteiger partial charge >= 0.3 is 5.97 Å². The lowest BCUT2D eigenvalue weighted by Crippen LogP contribution is -2.52. The average molecular weight is 505 g/mol. The van der Waals surface area contributed by atoms with Gasteiger partial charge in [-0.15, -0.1) is 5.10 Å². The Labute approximate surface area is 215 Å². The second-order valence-electron chi connectivity index (χ2n) is 10.6. The van der Waals surface area contributed by atoms with Crippen molar-refractivity contribution in [1.82, 2.24) is 19.6 Å². The molecule has 1 saturated carbocycles. The number of ether oxygens (including phenoxy) is 3. The highest BCUT2D eigenvalue weighted by Gasteiger charge is 2.51. The fourth-order valence-corrected chi connectivity index (χ4v) is 6.15. The zero-order valence-electron chi connectivity index (χ0n) is 21.4. The Bertz CT molecular complexity index is 1340. The fraction of sp³-hybridized carbons (Fsp3) is 0.536. The zero-order chi connectivity index (χ0) is 25.6. The minimum Gasteiger partial charge on any atom is -0.486 e. The summed E-state index contributed by atoms with van der Waals surface area (Å²) in [5, 5.41) is 4.50. The number of carbonyl (C=O) groups is 2. The van der Waals surface area contributed by atoms with Crippen molar-refractivity contribution in [1.29, 1.82) is 0 Å². The normalized spacial score (nSPS) is 24.0. The van der Waals surface area contributed by atoms with Gasteiger partial charge in [-0.1, -0.05) is 18.9 Å². The zero-order valence-corrected chi connectivity index (χ0v) is 21.4. The first-order valence-corrected chi connectivity index (χ1v) is 13.2. The number of fused-ring (bicyclic) bond motifs is 2. The molecule has 1 aliphatic carbocycles. The molecule has 0 amide bonds. The number of aryl methyl sites for hydroxylation is 3. The molecule has 37 heavy (non-hydrogen) atoms. The summed E-state index contributed by atoms with van der Waals surface area (Å²) in [7, 11) is 0. The van der Waals surface area contributed by atoms with Crippen LogP contribution in [0, 0.1) is 25.7 Å². The molecule has 2 aromatic heterocycles. The van der Waals surface area contributed by atoms with Crippen LogP contribution in [0.1, 0.15) is 61.3 Å². The van der Waals surface area contributed by atoms with E-state index in [0.717, 1.165) is 54.1 Å². The Morgan fingerprint density at radius 3 is 2.59 bits per heavy atom. The van der Waals surface area contributed by atoms with E-state index in [2.05, 4.69) is 15.1 Å². The summed E-state index contributed by atoms with van der Waals surface area (Å²) in [4.78, 5) is 35.8. The third-order valence-electron chi connectivity index (χ3n) is 8.04. The van der Waals surface area contributed by atoms with E-state index in [1.807, 2.05) is 38.1 Å². The molecular formula is C28H32N4O5. The van der Waals surface area contributed by atoms with Crippen molar-refractivity contribution in [2.75, 3.05) is 13.2 Å². The molecular weight excluding hydrogens is 472 g/mol. The minimum atomic E-state index is -0.886. The molecule has 6 rings (SSSR count). The van der Waals surface area contributed by atoms with Gasteiger partial charge in [0, 0.05) is 24.2 Å². The van der Waals surface area contributed by atoms with Gasteiger partial charge in [0.05, 0.1) is 0 Å². The van der Waals surface area contributed by atoms with Gasteiger partial charge in [0.25, 0.3) is 5.78 Å². The van der Waals surface area contributed by atoms with E-state index < -0.39 is 17.5 Å². The van der Waals surface area contributed by atoms with Gasteiger partial charge in [-0.25, -0.2) is 9.50 Å². The maximum Gasteiger partial charge on any atom is 0.317 e. The Hall–Kier alpha value is -3.49. The van der Waals surface area contributed by atoms with Crippen LogP contribution in [0.2, 0.25) is 0 Å². The van der Waals surface area contributed by atoms with Crippen LogP contribution in [-0.2, 0) is 27.2 Å². The van der Waals surface area contributed by atoms with E-state index in [1.165, 1.54) is 0 Å². The van der Waals surface area contributed by atoms with Crippen LogP contribution in [0.4, 0.5) is 0 Å². The first-order chi connectivity index (χ1) is 17.9. The molecule has 0 radical (unpaired) electrons. The molecule has 4 heterocycles. The van der Waals surface area contributed by atoms with Crippen LogP contribution in [0.5, 0.6) is 11.5 Å². The lowest BCUT2D eigenvalue weighted by atomic mass is 9.73. The van der Waals surface area contributed by atoms with Crippen molar-refractivity contribution in [2.45, 2.75) is 70.8 Å². The number of rotatable bonds is 6. The molecule has 0 bridgehead atoms. The van der Waals surface area contributed by atoms with Crippen molar-refractivity contribution >= 4 is 17.5 Å². The first kappa shape index (κ1) is 23.9. The van der Waals surface area contributed by atoms with Gasteiger partial charge in [-0.3, -0.25) is 9.59 Å². The number of benzene rings is 1. The molecule has 2 atom stereocenters. The Morgan fingerprint density at radius 1 is 1.03 bits per heavy atom. The molecule has 1 saturated heterocycles. The van der Waals surface area contributed by atoms with Crippen molar-refractivity contribution in [2.24, 2.45) is 11.8 Å². The smallest absolute Gasteiger partial charge is 0.317 e. The monoisotopic (exact) mass is 504 g/mol. The van der Waals surface area contributed by atoms with Crippen LogP contribution < -0.4 is 9.47 Å². The summed E-state index contributed by atoms with van der Waals surface area (Å²) >= 11 is 0. The molecule has 194 valence electrons. The number of hydrogen-bond donors (Lipinski definition) is 0. The Morgan fingerprint density at radius 2 is 1.81 bits per heavy atom. The Balaban J connectivity index is 1.21. The van der Waals surface area contributed by atoms with Gasteiger partial charge in [0.15, 0.2) is 23.1 Å². The number of ketones is 1. The second-order valence-corrected chi connectivity index (χ2v) is 10.6. The van der Waals surface area contributed by atoms with E-state index >= 15 is 0 Å². The summed E-state index contributed by atoms with van der Waals surface area (Å²) < 4.78 is 19.3. The van der Waals surface area contributed by atoms with E-state index in [9.17, 15) is 9.59 Å². The van der Waals surface area contributed by atoms with Crippen LogP contribution in [-0.4, -0.2) is 50.1 Å². The van der Waals surface area contributed by atoms with E-state index in [1.54, 1.807) is 4.52 Å². The molecule has 2 fully saturated rings. The summed E-state index contributed by atoms with van der Waals surface area (Å²) in [6, 6.07) is 7.88. The SMILES string of the molecule is Cc1cc(C)n2nc(CC3C(=O)CC(CCc4ccc5c(c4)OCCO5)(C4CCCC4)OC3=O)nc2n1. The van der Waals surface area contributed by atoms with Crippen molar-refractivity contribution < 1.29 is 23.8 Å². The lowest BCUT2D eigenvalue weighted by molar-refractivity contribution is -0.185. The molecule has 9 nitrogen and oxygen atoms in total. The van der Waals surface area contributed by atoms with E-state index in [0.29, 0.717) is 37.7 Å². The second kappa shape index (κ2) is 9.43. The van der Waals surface area contributed by atoms with Crippen molar-refractivity contribution in [3.05, 3.63) is 47.0 Å². The highest BCUT2D eigenvalue weighted by Crippen LogP contribution is 2.45. The van der Waals surface area contributed by atoms with Gasteiger partial charge in [0.2, 0.25) is 0 Å². The summed E-state index contributed by atoms with van der Waals surface area (Å²) in [6.45, 7) is 4.91. The summed E-state index contributed by atoms with van der Waals surface area (Å²) in [5.74, 6) is 1.18. The van der Waals surface area contributed by atoms with Gasteiger partial charge in [-0.05, 0) is 69.2 Å². The maximum atomic E-state index is 13.5. The maximum absolute atomic E-state index is 13.5. The summed E-state index contributed by atoms with van der Waals surface area (Å²) in [6.07, 6.45) is 5.82. The molecule has 2 unspecified atom stereocenters. The highest BCUT2D eigenvalue weighted by molar-refractivity contribution is 6.01. The first-order valence-electron chi connectivity index (χ1n) is 13.2. The Kier molecular flexibility index (Phi) is 6.09. The van der Waals surface area contributed by atoms with Crippen molar-refractivity contribution in [3.8, 4) is 11.5 Å². The number of cyclic esters (lactones) is 1. The largest absolute Gasteiger partial charge is 0.486 e. The number of nitrogens with zero attached hydrogens (tertiary/aromatic N) is 4. The summed E-state index contributed by atoms with van der Waals surface area (Å²) in [5.41, 5.74) is 2.06. The quantitative estimate of drug-likeness (QED) is 0.369. The third kappa shape index (κ3) is 4.55. The average Bonchev–Trinajstić information content (AvgIpc) is 3.56. The van der Waals surface area contributed by atoms with E-state index in [-0.39, 0.29) is 24.5 Å². The number of carbonyl (C=O) groups excluding carboxylic acids is 2. The minimum absolute atomic E-state index is 0.0787. The molecule has 1 aromatic carbocycles. The third-order valence-corrected chi connectivity index (χ3v) is 8.04. The van der Waals surface area contributed by atoms with Gasteiger partial charge < -0.3 is 14.2 Å². The van der Waals surface area contributed by atoms with Crippen LogP contribution in [0.3, 0.4) is 0 Å². The highest BCUT2D eigenvalue weighted by atomic mass is 16.6. The van der Waals surface area contributed by atoms with Crippen LogP contribution in [0.15, 0.2) is 24.3 Å². The predicted octanol–water partition coefficient (Wildman–Crippen LogP) is 3.75. The predicted molar refractivity (Wildman–Crippen MR) is 134 cm³/mol. The lowest BCUT2D eigenvalue weighted by Gasteiger charge is -2.43. The van der Waals surface area contributed by atoms with Gasteiger partial charge in [0.1, 0.15) is 24.7 Å². The molecule has 0 spiro atoms. The molecule has 0 N–H and O–H groups in total. The molecule has 3 aliphatic rings. The van der Waals surface area contributed by atoms with Gasteiger partial charge in [-0.2, -0.15) is 4.98 Å². The molecule has 3 aromatic rings. The standard InChI is InChI=1S/C28H32N4O5/c1-17-13-18(2)32-27(29-17)30-25(31-32)15-21-22(33)16-28(37-26(21)34,20-5-3-4-6-20)10-9-19-7-8-23-24(14-19)36-12-11-35-23/h7-8,13-14,20-21H,3-6,9-12,15-16H2,1-2H3. The number of Topliss-reactive ketones (excluding diaryl/α,β-unsaturated/α-hetero) is 1. The van der Waals surface area contributed by atoms with E-state index in [4.69, 9.17) is 14.2 Å².